The van der Waals surface area contributed by atoms with E-state index in [2.05, 4.69) is 5.32 Å². The number of halogens is 2. The molecule has 2 aliphatic rings. The van der Waals surface area contributed by atoms with Crippen LogP contribution in [0.15, 0.2) is 36.4 Å². The normalized spacial score (nSPS) is 15.2. The van der Waals surface area contributed by atoms with Gasteiger partial charge in [-0.3, -0.25) is 0 Å². The Morgan fingerprint density at radius 3 is 2.74 bits per heavy atom. The predicted molar refractivity (Wildman–Crippen MR) is 107 cm³/mol. The molecule has 7 heteroatoms. The summed E-state index contributed by atoms with van der Waals surface area (Å²) in [5.74, 6) is 2.54. The van der Waals surface area contributed by atoms with E-state index in [1.54, 1.807) is 6.07 Å². The maximum Gasteiger partial charge on any atom is 0.231 e. The number of anilines is 1. The lowest BCUT2D eigenvalue weighted by molar-refractivity contribution is 0.174. The van der Waals surface area contributed by atoms with Crippen molar-refractivity contribution in [2.75, 3.05) is 18.7 Å². The second-order valence-electron chi connectivity index (χ2n) is 6.64. The molecule has 5 rings (SSSR count). The molecule has 3 heterocycles. The maximum atomic E-state index is 6.24. The SMILES string of the molecule is Clc1ccc(-n2nc(-c3ccc4c(c3)OCO4)c3c2NCCCC3)cc1Cl. The Labute approximate surface area is 166 Å². The molecular weight excluding hydrogens is 385 g/mol. The fraction of sp³-hybridized carbons (Fsp3) is 0.250. The molecule has 0 atom stereocenters. The second-order valence-corrected chi connectivity index (χ2v) is 7.45. The number of ether oxygens (including phenoxy) is 2. The Morgan fingerprint density at radius 1 is 0.963 bits per heavy atom. The van der Waals surface area contributed by atoms with Crippen molar-refractivity contribution in [1.82, 2.24) is 9.78 Å². The van der Waals surface area contributed by atoms with Gasteiger partial charge >= 0.3 is 0 Å². The number of aromatic nitrogens is 2. The quantitative estimate of drug-likeness (QED) is 0.630. The van der Waals surface area contributed by atoms with E-state index in [0.717, 1.165) is 60.1 Å². The van der Waals surface area contributed by atoms with Gasteiger partial charge in [-0.1, -0.05) is 23.2 Å². The van der Waals surface area contributed by atoms with E-state index in [-0.39, 0.29) is 6.79 Å². The summed E-state index contributed by atoms with van der Waals surface area (Å²) in [5, 5.41) is 9.50. The second kappa shape index (κ2) is 6.66. The third-order valence-electron chi connectivity index (χ3n) is 4.92. The first-order chi connectivity index (χ1) is 13.2. The zero-order chi connectivity index (χ0) is 18.4. The smallest absolute Gasteiger partial charge is 0.231 e. The summed E-state index contributed by atoms with van der Waals surface area (Å²) in [7, 11) is 0. The molecular formula is C20H17Cl2N3O2. The molecule has 138 valence electrons. The average Bonchev–Trinajstić information content (AvgIpc) is 3.21. The van der Waals surface area contributed by atoms with Crippen LogP contribution in [0.2, 0.25) is 10.0 Å². The van der Waals surface area contributed by atoms with Gasteiger partial charge in [-0.15, -0.1) is 0 Å². The highest BCUT2D eigenvalue weighted by Gasteiger charge is 2.23. The van der Waals surface area contributed by atoms with Crippen LogP contribution in [0.3, 0.4) is 0 Å². The Bertz CT molecular complexity index is 1030. The Hall–Kier alpha value is -2.37. The Morgan fingerprint density at radius 2 is 1.85 bits per heavy atom. The zero-order valence-corrected chi connectivity index (χ0v) is 16.0. The van der Waals surface area contributed by atoms with Gasteiger partial charge in [-0.05, 0) is 55.7 Å². The summed E-state index contributed by atoms with van der Waals surface area (Å²) >= 11 is 12.3. The lowest BCUT2D eigenvalue weighted by Gasteiger charge is -2.10. The molecule has 0 spiro atoms. The lowest BCUT2D eigenvalue weighted by Crippen LogP contribution is -2.07. The van der Waals surface area contributed by atoms with Crippen LogP contribution in [0.25, 0.3) is 16.9 Å². The van der Waals surface area contributed by atoms with E-state index in [9.17, 15) is 0 Å². The summed E-state index contributed by atoms with van der Waals surface area (Å²) in [6.45, 7) is 1.18. The first-order valence-corrected chi connectivity index (χ1v) is 9.67. The van der Waals surface area contributed by atoms with Crippen molar-refractivity contribution in [3.05, 3.63) is 52.0 Å². The van der Waals surface area contributed by atoms with Crippen molar-refractivity contribution in [1.29, 1.82) is 0 Å². The highest BCUT2D eigenvalue weighted by Crippen LogP contribution is 2.39. The van der Waals surface area contributed by atoms with Gasteiger partial charge in [0, 0.05) is 17.7 Å². The monoisotopic (exact) mass is 401 g/mol. The molecule has 5 nitrogen and oxygen atoms in total. The van der Waals surface area contributed by atoms with Crippen molar-refractivity contribution in [3.63, 3.8) is 0 Å². The van der Waals surface area contributed by atoms with Crippen LogP contribution in [-0.2, 0) is 6.42 Å². The zero-order valence-electron chi connectivity index (χ0n) is 14.5. The minimum Gasteiger partial charge on any atom is -0.454 e. The van der Waals surface area contributed by atoms with E-state index in [1.165, 1.54) is 5.56 Å². The van der Waals surface area contributed by atoms with Gasteiger partial charge in [0.05, 0.1) is 21.4 Å². The van der Waals surface area contributed by atoms with Crippen LogP contribution in [0.1, 0.15) is 18.4 Å². The van der Waals surface area contributed by atoms with E-state index < -0.39 is 0 Å². The first-order valence-electron chi connectivity index (χ1n) is 8.92. The molecule has 3 aromatic rings. The van der Waals surface area contributed by atoms with Crippen LogP contribution >= 0.6 is 23.2 Å². The fourth-order valence-corrected chi connectivity index (χ4v) is 3.87. The molecule has 0 saturated carbocycles. The summed E-state index contributed by atoms with van der Waals surface area (Å²) < 4.78 is 12.9. The molecule has 27 heavy (non-hydrogen) atoms. The molecule has 0 unspecified atom stereocenters. The molecule has 0 bridgehead atoms. The topological polar surface area (TPSA) is 48.3 Å². The molecule has 0 fully saturated rings. The van der Waals surface area contributed by atoms with Crippen molar-refractivity contribution >= 4 is 29.0 Å². The number of hydrogen-bond acceptors (Lipinski definition) is 4. The fourth-order valence-electron chi connectivity index (χ4n) is 3.58. The average molecular weight is 402 g/mol. The number of nitrogens with one attached hydrogen (secondary N) is 1. The minimum absolute atomic E-state index is 0.260. The molecule has 2 aromatic carbocycles. The number of rotatable bonds is 2. The van der Waals surface area contributed by atoms with Crippen molar-refractivity contribution in [2.45, 2.75) is 19.3 Å². The third kappa shape index (κ3) is 2.91. The predicted octanol–water partition coefficient (Wildman–Crippen LogP) is 5.32. The van der Waals surface area contributed by atoms with E-state index in [0.29, 0.717) is 10.0 Å². The van der Waals surface area contributed by atoms with Crippen LogP contribution in [-0.4, -0.2) is 23.1 Å². The molecule has 0 saturated heterocycles. The van der Waals surface area contributed by atoms with Crippen LogP contribution in [0.5, 0.6) is 11.5 Å². The van der Waals surface area contributed by atoms with E-state index in [1.807, 2.05) is 35.0 Å². The summed E-state index contributed by atoms with van der Waals surface area (Å²) in [6.07, 6.45) is 3.20. The number of fused-ring (bicyclic) bond motifs is 2. The van der Waals surface area contributed by atoms with Crippen molar-refractivity contribution in [2.24, 2.45) is 0 Å². The Balaban J connectivity index is 1.68. The van der Waals surface area contributed by atoms with E-state index in [4.69, 9.17) is 37.8 Å². The van der Waals surface area contributed by atoms with Crippen molar-refractivity contribution in [3.8, 4) is 28.4 Å². The third-order valence-corrected chi connectivity index (χ3v) is 5.66. The van der Waals surface area contributed by atoms with Gasteiger partial charge in [0.2, 0.25) is 6.79 Å². The van der Waals surface area contributed by atoms with Crippen LogP contribution in [0, 0.1) is 0 Å². The van der Waals surface area contributed by atoms with Gasteiger partial charge in [0.1, 0.15) is 5.82 Å². The molecule has 0 amide bonds. The Kier molecular flexibility index (Phi) is 4.14. The molecule has 1 aromatic heterocycles. The highest BCUT2D eigenvalue weighted by atomic mass is 35.5. The summed E-state index contributed by atoms with van der Waals surface area (Å²) in [4.78, 5) is 0. The number of nitrogens with zero attached hydrogens (tertiary/aromatic N) is 2. The van der Waals surface area contributed by atoms with Crippen molar-refractivity contribution < 1.29 is 9.47 Å². The highest BCUT2D eigenvalue weighted by molar-refractivity contribution is 6.42. The summed E-state index contributed by atoms with van der Waals surface area (Å²) in [5.41, 5.74) is 4.04. The van der Waals surface area contributed by atoms with Gasteiger partial charge in [-0.2, -0.15) is 5.10 Å². The van der Waals surface area contributed by atoms with Gasteiger partial charge in [0.15, 0.2) is 11.5 Å². The van der Waals surface area contributed by atoms with Crippen LogP contribution in [0.4, 0.5) is 5.82 Å². The van der Waals surface area contributed by atoms with Crippen LogP contribution < -0.4 is 14.8 Å². The molecule has 2 aliphatic heterocycles. The van der Waals surface area contributed by atoms with Gasteiger partial charge in [-0.25, -0.2) is 4.68 Å². The molecule has 1 N–H and O–H groups in total. The standard InChI is InChI=1S/C20H17Cl2N3O2/c21-15-6-5-13(10-16(15)22)25-20-14(3-1-2-8-23-20)19(24-25)12-4-7-17-18(9-12)27-11-26-17/h4-7,9-10,23H,1-3,8,11H2. The minimum atomic E-state index is 0.260. The molecule has 0 aliphatic carbocycles. The largest absolute Gasteiger partial charge is 0.454 e. The maximum absolute atomic E-state index is 6.24. The first kappa shape index (κ1) is 16.8. The lowest BCUT2D eigenvalue weighted by atomic mass is 10.0. The van der Waals surface area contributed by atoms with Gasteiger partial charge in [0.25, 0.3) is 0 Å². The van der Waals surface area contributed by atoms with E-state index >= 15 is 0 Å². The summed E-state index contributed by atoms with van der Waals surface area (Å²) in [6, 6.07) is 11.5. The molecule has 0 radical (unpaired) electrons. The van der Waals surface area contributed by atoms with Gasteiger partial charge < -0.3 is 14.8 Å². The number of hydrogen-bond donors (Lipinski definition) is 1. The number of benzene rings is 2.